The van der Waals surface area contributed by atoms with E-state index in [0.29, 0.717) is 12.0 Å². The second kappa shape index (κ2) is 7.05. The molecule has 0 saturated carbocycles. The zero-order valence-electron chi connectivity index (χ0n) is 11.1. The number of para-hydroxylation sites is 1. The highest BCUT2D eigenvalue weighted by atomic mass is 32.2. The summed E-state index contributed by atoms with van der Waals surface area (Å²) in [6, 6.07) is 8.69. The maximum atomic E-state index is 6.24. The van der Waals surface area contributed by atoms with Crippen LogP contribution in [0.1, 0.15) is 37.7 Å². The summed E-state index contributed by atoms with van der Waals surface area (Å²) in [6.07, 6.45) is 3.41. The normalized spacial score (nSPS) is 20.0. The molecule has 3 heteroatoms. The first-order chi connectivity index (χ1) is 8.81. The Balaban J connectivity index is 1.90. The molecule has 100 valence electrons. The molecule has 1 aromatic rings. The van der Waals surface area contributed by atoms with E-state index in [9.17, 15) is 0 Å². The van der Waals surface area contributed by atoms with Gasteiger partial charge in [-0.05, 0) is 42.6 Å². The van der Waals surface area contributed by atoms with Crippen molar-refractivity contribution in [2.24, 2.45) is 5.73 Å². The van der Waals surface area contributed by atoms with Crippen LogP contribution in [0.15, 0.2) is 24.3 Å². The SMILES string of the molecule is CCCSCC(N)CC1CCOc2ccccc21. The van der Waals surface area contributed by atoms with Crippen LogP contribution in [0.3, 0.4) is 0 Å². The fraction of sp³-hybridized carbons (Fsp3) is 0.600. The minimum Gasteiger partial charge on any atom is -0.493 e. The lowest BCUT2D eigenvalue weighted by molar-refractivity contribution is 0.260. The lowest BCUT2D eigenvalue weighted by Gasteiger charge is -2.27. The van der Waals surface area contributed by atoms with Gasteiger partial charge in [0, 0.05) is 11.8 Å². The van der Waals surface area contributed by atoms with E-state index in [2.05, 4.69) is 25.1 Å². The van der Waals surface area contributed by atoms with Crippen molar-refractivity contribution in [2.45, 2.75) is 38.1 Å². The first-order valence-corrected chi connectivity index (χ1v) is 8.01. The third-order valence-corrected chi connectivity index (χ3v) is 4.71. The van der Waals surface area contributed by atoms with Gasteiger partial charge >= 0.3 is 0 Å². The molecule has 2 unspecified atom stereocenters. The van der Waals surface area contributed by atoms with Crippen LogP contribution in [-0.2, 0) is 0 Å². The molecule has 1 aliphatic rings. The van der Waals surface area contributed by atoms with Gasteiger partial charge in [0.1, 0.15) is 5.75 Å². The average Bonchev–Trinajstić information content (AvgIpc) is 2.39. The Morgan fingerprint density at radius 1 is 1.44 bits per heavy atom. The molecule has 18 heavy (non-hydrogen) atoms. The molecule has 2 N–H and O–H groups in total. The third kappa shape index (κ3) is 3.66. The molecule has 2 nitrogen and oxygen atoms in total. The highest BCUT2D eigenvalue weighted by Gasteiger charge is 2.22. The number of ether oxygens (including phenoxy) is 1. The highest BCUT2D eigenvalue weighted by Crippen LogP contribution is 2.36. The van der Waals surface area contributed by atoms with Gasteiger partial charge in [0.2, 0.25) is 0 Å². The van der Waals surface area contributed by atoms with Gasteiger partial charge in [-0.25, -0.2) is 0 Å². The minimum absolute atomic E-state index is 0.303. The maximum absolute atomic E-state index is 6.24. The van der Waals surface area contributed by atoms with Crippen LogP contribution in [0, 0.1) is 0 Å². The second-order valence-corrected chi connectivity index (χ2v) is 6.09. The fourth-order valence-corrected chi connectivity index (χ4v) is 3.37. The number of hydrogen-bond donors (Lipinski definition) is 1. The van der Waals surface area contributed by atoms with Gasteiger partial charge in [-0.3, -0.25) is 0 Å². The van der Waals surface area contributed by atoms with Crippen molar-refractivity contribution in [3.63, 3.8) is 0 Å². The monoisotopic (exact) mass is 265 g/mol. The predicted octanol–water partition coefficient (Wildman–Crippen LogP) is 3.41. The molecule has 0 aromatic heterocycles. The average molecular weight is 265 g/mol. The van der Waals surface area contributed by atoms with Gasteiger partial charge in [0.25, 0.3) is 0 Å². The Bertz CT molecular complexity index is 369. The van der Waals surface area contributed by atoms with Crippen LogP contribution < -0.4 is 10.5 Å². The topological polar surface area (TPSA) is 35.2 Å². The van der Waals surface area contributed by atoms with Crippen molar-refractivity contribution in [3.8, 4) is 5.75 Å². The number of fused-ring (bicyclic) bond motifs is 1. The second-order valence-electron chi connectivity index (χ2n) is 4.94. The van der Waals surface area contributed by atoms with Gasteiger partial charge < -0.3 is 10.5 Å². The number of hydrogen-bond acceptors (Lipinski definition) is 3. The molecular formula is C15H23NOS. The predicted molar refractivity (Wildman–Crippen MR) is 79.5 cm³/mol. The first-order valence-electron chi connectivity index (χ1n) is 6.86. The summed E-state index contributed by atoms with van der Waals surface area (Å²) in [4.78, 5) is 0. The first kappa shape index (κ1) is 13.8. The largest absolute Gasteiger partial charge is 0.493 e. The summed E-state index contributed by atoms with van der Waals surface area (Å²) in [5.41, 5.74) is 7.59. The lowest BCUT2D eigenvalue weighted by atomic mass is 9.88. The Hall–Kier alpha value is -0.670. The highest BCUT2D eigenvalue weighted by molar-refractivity contribution is 7.99. The molecule has 0 bridgehead atoms. The van der Waals surface area contributed by atoms with Crippen molar-refractivity contribution in [1.82, 2.24) is 0 Å². The van der Waals surface area contributed by atoms with Gasteiger partial charge in [-0.2, -0.15) is 11.8 Å². The Kier molecular flexibility index (Phi) is 5.39. The Morgan fingerprint density at radius 2 is 2.28 bits per heavy atom. The van der Waals surface area contributed by atoms with Crippen LogP contribution in [0.5, 0.6) is 5.75 Å². The maximum Gasteiger partial charge on any atom is 0.122 e. The summed E-state index contributed by atoms with van der Waals surface area (Å²) >= 11 is 1.97. The standard InChI is InChI=1S/C15H23NOS/c1-2-9-18-11-13(16)10-12-7-8-17-15-6-4-3-5-14(12)15/h3-6,12-13H,2,7-11,16H2,1H3. The molecular weight excluding hydrogens is 242 g/mol. The molecule has 0 aliphatic carbocycles. The van der Waals surface area contributed by atoms with Crippen molar-refractivity contribution >= 4 is 11.8 Å². The molecule has 0 fully saturated rings. The molecule has 1 heterocycles. The van der Waals surface area contributed by atoms with E-state index in [1.54, 1.807) is 0 Å². The molecule has 0 radical (unpaired) electrons. The zero-order valence-corrected chi connectivity index (χ0v) is 11.9. The number of rotatable bonds is 6. The van der Waals surface area contributed by atoms with Crippen molar-refractivity contribution < 1.29 is 4.74 Å². The van der Waals surface area contributed by atoms with Gasteiger partial charge in [-0.15, -0.1) is 0 Å². The van der Waals surface area contributed by atoms with E-state index in [4.69, 9.17) is 10.5 Å². The summed E-state index contributed by atoms with van der Waals surface area (Å²) in [6.45, 7) is 3.05. The fourth-order valence-electron chi connectivity index (χ4n) is 2.47. The molecule has 2 rings (SSSR count). The van der Waals surface area contributed by atoms with Crippen molar-refractivity contribution in [2.75, 3.05) is 18.1 Å². The quantitative estimate of drug-likeness (QED) is 0.801. The molecule has 1 aliphatic heterocycles. The van der Waals surface area contributed by atoms with Crippen LogP contribution in [0.2, 0.25) is 0 Å². The van der Waals surface area contributed by atoms with Crippen LogP contribution in [0.4, 0.5) is 0 Å². The van der Waals surface area contributed by atoms with E-state index in [1.165, 1.54) is 17.7 Å². The summed E-state index contributed by atoms with van der Waals surface area (Å²) in [5.74, 6) is 3.93. The molecule has 0 amide bonds. The summed E-state index contributed by atoms with van der Waals surface area (Å²) < 4.78 is 5.69. The third-order valence-electron chi connectivity index (χ3n) is 3.35. The molecule has 0 spiro atoms. The van der Waals surface area contributed by atoms with E-state index in [-0.39, 0.29) is 0 Å². The van der Waals surface area contributed by atoms with Gasteiger partial charge in [-0.1, -0.05) is 25.1 Å². The number of benzene rings is 1. The van der Waals surface area contributed by atoms with E-state index >= 15 is 0 Å². The number of nitrogens with two attached hydrogens (primary N) is 1. The zero-order chi connectivity index (χ0) is 12.8. The molecule has 0 saturated heterocycles. The summed E-state index contributed by atoms with van der Waals surface area (Å²) in [5, 5.41) is 0. The van der Waals surface area contributed by atoms with Crippen molar-refractivity contribution in [3.05, 3.63) is 29.8 Å². The van der Waals surface area contributed by atoms with Gasteiger partial charge in [0.15, 0.2) is 0 Å². The van der Waals surface area contributed by atoms with Gasteiger partial charge in [0.05, 0.1) is 6.61 Å². The van der Waals surface area contributed by atoms with Crippen LogP contribution in [0.25, 0.3) is 0 Å². The molecule has 1 aromatic carbocycles. The van der Waals surface area contributed by atoms with Crippen LogP contribution in [-0.4, -0.2) is 24.2 Å². The Morgan fingerprint density at radius 3 is 3.11 bits per heavy atom. The molecule has 2 atom stereocenters. The summed E-state index contributed by atoms with van der Waals surface area (Å²) in [7, 11) is 0. The minimum atomic E-state index is 0.303. The smallest absolute Gasteiger partial charge is 0.122 e. The van der Waals surface area contributed by atoms with E-state index in [1.807, 2.05) is 17.8 Å². The van der Waals surface area contributed by atoms with E-state index < -0.39 is 0 Å². The lowest BCUT2D eigenvalue weighted by Crippen LogP contribution is -2.27. The van der Waals surface area contributed by atoms with E-state index in [0.717, 1.165) is 31.0 Å². The Labute approximate surface area is 114 Å². The number of thioether (sulfide) groups is 1. The van der Waals surface area contributed by atoms with Crippen LogP contribution >= 0.6 is 11.8 Å². The van der Waals surface area contributed by atoms with Crippen molar-refractivity contribution in [1.29, 1.82) is 0 Å².